The molecule has 2 atom stereocenters. The van der Waals surface area contributed by atoms with Crippen molar-refractivity contribution in [3.8, 4) is 0 Å². The molecule has 3 rings (SSSR count). The van der Waals surface area contributed by atoms with Gasteiger partial charge in [0, 0.05) is 18.0 Å². The van der Waals surface area contributed by atoms with E-state index in [0.29, 0.717) is 5.82 Å². The number of carbonyl (C=O) groups excluding carboxylic acids is 1. The zero-order valence-electron chi connectivity index (χ0n) is 9.26. The van der Waals surface area contributed by atoms with E-state index >= 15 is 0 Å². The van der Waals surface area contributed by atoms with E-state index in [1.54, 1.807) is 4.90 Å². The molecule has 7 heteroatoms. The number of nitrogens with one attached hydrogen (secondary N) is 1. The van der Waals surface area contributed by atoms with Crippen molar-refractivity contribution in [3.63, 3.8) is 0 Å². The molecular formula is C10H14N6O. The average Bonchev–Trinajstić information content (AvgIpc) is 2.66. The van der Waals surface area contributed by atoms with Gasteiger partial charge in [-0.05, 0) is 18.9 Å². The first-order chi connectivity index (χ1) is 8.20. The largest absolute Gasteiger partial charge is 0.351 e. The number of hydrazine groups is 1. The SMILES string of the molecule is NNc1cc2c(nn1)CC1CCC2N1C(N)=O. The van der Waals surface area contributed by atoms with Gasteiger partial charge >= 0.3 is 6.03 Å². The number of carbonyl (C=O) groups is 1. The molecule has 2 amide bonds. The summed E-state index contributed by atoms with van der Waals surface area (Å²) in [4.78, 5) is 13.2. The number of rotatable bonds is 1. The van der Waals surface area contributed by atoms with Gasteiger partial charge in [0.05, 0.1) is 11.7 Å². The summed E-state index contributed by atoms with van der Waals surface area (Å²) in [5.74, 6) is 5.83. The predicted molar refractivity (Wildman–Crippen MR) is 60.7 cm³/mol. The lowest BCUT2D eigenvalue weighted by molar-refractivity contribution is 0.174. The summed E-state index contributed by atoms with van der Waals surface area (Å²) < 4.78 is 0. The van der Waals surface area contributed by atoms with Gasteiger partial charge in [-0.1, -0.05) is 0 Å². The Balaban J connectivity index is 2.06. The van der Waals surface area contributed by atoms with E-state index in [1.807, 2.05) is 6.07 Å². The Bertz CT molecular complexity index is 476. The van der Waals surface area contributed by atoms with Gasteiger partial charge in [-0.25, -0.2) is 10.6 Å². The Hall–Kier alpha value is -1.89. The Kier molecular flexibility index (Phi) is 2.15. The van der Waals surface area contributed by atoms with Gasteiger partial charge in [-0.3, -0.25) is 0 Å². The minimum Gasteiger partial charge on any atom is -0.351 e. The van der Waals surface area contributed by atoms with Crippen molar-refractivity contribution >= 4 is 11.8 Å². The smallest absolute Gasteiger partial charge is 0.315 e. The number of nitrogens with zero attached hydrogens (tertiary/aromatic N) is 3. The number of fused-ring (bicyclic) bond motifs is 4. The number of amides is 2. The Morgan fingerprint density at radius 1 is 1.47 bits per heavy atom. The Morgan fingerprint density at radius 3 is 3.00 bits per heavy atom. The quantitative estimate of drug-likeness (QED) is 0.464. The lowest BCUT2D eigenvalue weighted by Gasteiger charge is -2.34. The normalized spacial score (nSPS) is 25.6. The van der Waals surface area contributed by atoms with Gasteiger partial charge in [0.2, 0.25) is 0 Å². The van der Waals surface area contributed by atoms with E-state index in [0.717, 1.165) is 30.5 Å². The fraction of sp³-hybridized carbons (Fsp3) is 0.500. The summed E-state index contributed by atoms with van der Waals surface area (Å²) in [7, 11) is 0. The maximum atomic E-state index is 11.5. The van der Waals surface area contributed by atoms with Crippen LogP contribution in [0.4, 0.5) is 10.6 Å². The molecule has 0 aromatic carbocycles. The van der Waals surface area contributed by atoms with Crippen molar-refractivity contribution in [2.75, 3.05) is 5.43 Å². The first-order valence-corrected chi connectivity index (χ1v) is 5.61. The molecule has 17 heavy (non-hydrogen) atoms. The number of urea groups is 1. The lowest BCUT2D eigenvalue weighted by Crippen LogP contribution is -2.45. The fourth-order valence-corrected chi connectivity index (χ4v) is 2.89. The third-order valence-electron chi connectivity index (χ3n) is 3.60. The van der Waals surface area contributed by atoms with E-state index in [9.17, 15) is 4.79 Å². The van der Waals surface area contributed by atoms with Crippen molar-refractivity contribution in [1.29, 1.82) is 0 Å². The minimum atomic E-state index is -0.359. The van der Waals surface area contributed by atoms with Crippen LogP contribution >= 0.6 is 0 Å². The second-order valence-electron chi connectivity index (χ2n) is 4.47. The number of hydrogen-bond acceptors (Lipinski definition) is 5. The lowest BCUT2D eigenvalue weighted by atomic mass is 9.99. The van der Waals surface area contributed by atoms with Gasteiger partial charge in [-0.15, -0.1) is 5.10 Å². The van der Waals surface area contributed by atoms with Crippen LogP contribution in [-0.4, -0.2) is 27.2 Å². The van der Waals surface area contributed by atoms with Crippen molar-refractivity contribution in [2.24, 2.45) is 11.6 Å². The summed E-state index contributed by atoms with van der Waals surface area (Å²) in [6.45, 7) is 0. The van der Waals surface area contributed by atoms with Crippen LogP contribution in [0.5, 0.6) is 0 Å². The molecule has 0 aliphatic carbocycles. The highest BCUT2D eigenvalue weighted by Crippen LogP contribution is 2.42. The number of hydrogen-bond donors (Lipinski definition) is 3. The Labute approximate surface area is 98.1 Å². The van der Waals surface area contributed by atoms with Crippen molar-refractivity contribution < 1.29 is 4.79 Å². The van der Waals surface area contributed by atoms with Gasteiger partial charge in [0.1, 0.15) is 0 Å². The van der Waals surface area contributed by atoms with Crippen molar-refractivity contribution in [2.45, 2.75) is 31.3 Å². The second kappa shape index (κ2) is 3.56. The first kappa shape index (κ1) is 10.3. The second-order valence-corrected chi connectivity index (χ2v) is 4.47. The molecule has 1 saturated heterocycles. The summed E-state index contributed by atoms with van der Waals surface area (Å²) in [6, 6.07) is 1.70. The minimum absolute atomic E-state index is 0.0313. The van der Waals surface area contributed by atoms with Crippen molar-refractivity contribution in [1.82, 2.24) is 15.1 Å². The van der Waals surface area contributed by atoms with Gasteiger partial charge in [-0.2, -0.15) is 5.10 Å². The van der Waals surface area contributed by atoms with Crippen molar-refractivity contribution in [3.05, 3.63) is 17.3 Å². The maximum absolute atomic E-state index is 11.5. The summed E-state index contributed by atoms with van der Waals surface area (Å²) in [5, 5.41) is 8.11. The van der Waals surface area contributed by atoms with Gasteiger partial charge in [0.25, 0.3) is 0 Å². The van der Waals surface area contributed by atoms with Gasteiger partial charge in [0.15, 0.2) is 5.82 Å². The van der Waals surface area contributed by atoms with E-state index in [1.165, 1.54) is 0 Å². The third-order valence-corrected chi connectivity index (χ3v) is 3.60. The molecule has 2 aliphatic rings. The molecule has 1 aromatic rings. The molecule has 90 valence electrons. The molecular weight excluding hydrogens is 220 g/mol. The number of primary amides is 1. The molecule has 2 aliphatic heterocycles. The van der Waals surface area contributed by atoms with Crippen LogP contribution in [0, 0.1) is 0 Å². The number of anilines is 1. The molecule has 1 fully saturated rings. The average molecular weight is 234 g/mol. The zero-order valence-corrected chi connectivity index (χ0v) is 9.26. The van der Waals surface area contributed by atoms with E-state index < -0.39 is 0 Å². The van der Waals surface area contributed by atoms with E-state index in [4.69, 9.17) is 11.6 Å². The van der Waals surface area contributed by atoms with E-state index in [2.05, 4.69) is 15.6 Å². The molecule has 5 N–H and O–H groups in total. The summed E-state index contributed by atoms with van der Waals surface area (Å²) in [6.07, 6.45) is 2.62. The van der Waals surface area contributed by atoms with E-state index in [-0.39, 0.29) is 18.1 Å². The summed E-state index contributed by atoms with van der Waals surface area (Å²) in [5.41, 5.74) is 9.86. The highest BCUT2D eigenvalue weighted by molar-refractivity contribution is 5.74. The molecule has 0 spiro atoms. The topological polar surface area (TPSA) is 110 Å². The monoisotopic (exact) mass is 234 g/mol. The molecule has 0 radical (unpaired) electrons. The highest BCUT2D eigenvalue weighted by Gasteiger charge is 2.42. The summed E-state index contributed by atoms with van der Waals surface area (Å²) >= 11 is 0. The standard InChI is InChI=1S/C10H14N6O/c11-10(17)16-5-1-2-8(16)6-4-9(13-12)15-14-7(6)3-5/h4-5,8H,1-3,12H2,(H2,11,17)(H,13,15). The molecule has 0 saturated carbocycles. The van der Waals surface area contributed by atoms with Crippen LogP contribution in [0.25, 0.3) is 0 Å². The molecule has 2 unspecified atom stereocenters. The highest BCUT2D eigenvalue weighted by atomic mass is 16.2. The number of nitrogen functional groups attached to an aromatic ring is 1. The van der Waals surface area contributed by atoms with Crippen LogP contribution < -0.4 is 17.0 Å². The zero-order chi connectivity index (χ0) is 12.0. The van der Waals surface area contributed by atoms with Crippen LogP contribution in [0.2, 0.25) is 0 Å². The van der Waals surface area contributed by atoms with Crippen LogP contribution in [0.3, 0.4) is 0 Å². The maximum Gasteiger partial charge on any atom is 0.315 e. The Morgan fingerprint density at radius 2 is 2.29 bits per heavy atom. The molecule has 7 nitrogen and oxygen atoms in total. The van der Waals surface area contributed by atoms with Crippen LogP contribution in [0.1, 0.15) is 30.1 Å². The third kappa shape index (κ3) is 1.42. The van der Waals surface area contributed by atoms with Gasteiger partial charge < -0.3 is 16.1 Å². The number of aromatic nitrogens is 2. The molecule has 2 bridgehead atoms. The van der Waals surface area contributed by atoms with Crippen LogP contribution in [-0.2, 0) is 6.42 Å². The van der Waals surface area contributed by atoms with Crippen LogP contribution in [0.15, 0.2) is 6.07 Å². The first-order valence-electron chi connectivity index (χ1n) is 5.61. The fourth-order valence-electron chi connectivity index (χ4n) is 2.89. The number of nitrogens with two attached hydrogens (primary N) is 2. The molecule has 3 heterocycles. The predicted octanol–water partition coefficient (Wildman–Crippen LogP) is -0.0975. The molecule has 1 aromatic heterocycles.